The molecule has 0 unspecified atom stereocenters. The van der Waals surface area contributed by atoms with Gasteiger partial charge in [-0.1, -0.05) is 54.6 Å². The third-order valence-corrected chi connectivity index (χ3v) is 3.15. The zero-order valence-electron chi connectivity index (χ0n) is 10.4. The molecule has 2 heteroatoms. The molecule has 0 bridgehead atoms. The molecule has 0 spiro atoms. The number of H-pyrrole nitrogens is 1. The molecule has 1 aromatic heterocycles. The lowest BCUT2D eigenvalue weighted by atomic mass is 9.96. The van der Waals surface area contributed by atoms with Crippen LogP contribution in [-0.4, -0.2) is 10.7 Å². The Balaban J connectivity index is 2.09. The van der Waals surface area contributed by atoms with E-state index in [0.717, 1.165) is 22.4 Å². The molecular formula is C17H14N2. The van der Waals surface area contributed by atoms with Crippen LogP contribution in [0.1, 0.15) is 11.1 Å². The molecule has 0 aliphatic rings. The largest absolute Gasteiger partial charge is 0.361 e. The molecule has 2 N–H and O–H groups in total. The smallest absolute Gasteiger partial charge is 0.0691 e. The molecule has 0 saturated heterocycles. The number of nitrogens with one attached hydrogen (secondary N) is 2. The van der Waals surface area contributed by atoms with Gasteiger partial charge in [-0.3, -0.25) is 5.41 Å². The number of aromatic nitrogens is 1. The van der Waals surface area contributed by atoms with Crippen LogP contribution >= 0.6 is 0 Å². The van der Waals surface area contributed by atoms with Crippen LogP contribution in [0.15, 0.2) is 72.9 Å². The molecule has 0 aliphatic carbocycles. The molecule has 0 fully saturated rings. The fourth-order valence-electron chi connectivity index (χ4n) is 2.19. The highest BCUT2D eigenvalue weighted by Gasteiger charge is 2.10. The Kier molecular flexibility index (Phi) is 2.99. The summed E-state index contributed by atoms with van der Waals surface area (Å²) >= 11 is 0. The van der Waals surface area contributed by atoms with Crippen LogP contribution in [0.4, 0.5) is 0 Å². The first kappa shape index (κ1) is 11.5. The molecule has 3 aromatic rings. The van der Waals surface area contributed by atoms with Crippen molar-refractivity contribution in [1.29, 1.82) is 5.41 Å². The van der Waals surface area contributed by atoms with Gasteiger partial charge in [0.2, 0.25) is 0 Å². The van der Waals surface area contributed by atoms with Crippen molar-refractivity contribution >= 4 is 5.71 Å². The molecule has 92 valence electrons. The predicted molar refractivity (Wildman–Crippen MR) is 78.6 cm³/mol. The highest BCUT2D eigenvalue weighted by atomic mass is 14.7. The third kappa shape index (κ3) is 2.20. The van der Waals surface area contributed by atoms with Gasteiger partial charge in [-0.05, 0) is 12.1 Å². The van der Waals surface area contributed by atoms with Gasteiger partial charge in [0.15, 0.2) is 0 Å². The molecule has 3 rings (SSSR count). The van der Waals surface area contributed by atoms with E-state index in [1.165, 1.54) is 0 Å². The summed E-state index contributed by atoms with van der Waals surface area (Å²) in [6, 6.07) is 21.8. The predicted octanol–water partition coefficient (Wildman–Crippen LogP) is 4.10. The standard InChI is InChI=1S/C17H14N2/c18-17(13-7-2-1-3-8-13)15-10-5-4-9-14(15)16-11-6-12-19-16/h1-12,18-19H. The Labute approximate surface area is 112 Å². The van der Waals surface area contributed by atoms with Gasteiger partial charge >= 0.3 is 0 Å². The zero-order chi connectivity index (χ0) is 13.1. The molecule has 1 heterocycles. The quantitative estimate of drug-likeness (QED) is 0.653. The van der Waals surface area contributed by atoms with Gasteiger partial charge in [-0.2, -0.15) is 0 Å². The Bertz CT molecular complexity index is 682. The van der Waals surface area contributed by atoms with Crippen molar-refractivity contribution in [1.82, 2.24) is 4.98 Å². The van der Waals surface area contributed by atoms with Crippen molar-refractivity contribution in [3.05, 3.63) is 84.1 Å². The Morgan fingerprint density at radius 3 is 2.26 bits per heavy atom. The first-order valence-electron chi connectivity index (χ1n) is 6.23. The summed E-state index contributed by atoms with van der Waals surface area (Å²) in [5.74, 6) is 0. The van der Waals surface area contributed by atoms with E-state index in [0.29, 0.717) is 5.71 Å². The summed E-state index contributed by atoms with van der Waals surface area (Å²) in [7, 11) is 0. The van der Waals surface area contributed by atoms with E-state index in [4.69, 9.17) is 5.41 Å². The van der Waals surface area contributed by atoms with E-state index in [1.807, 2.05) is 72.9 Å². The molecule has 0 aliphatic heterocycles. The number of benzene rings is 2. The summed E-state index contributed by atoms with van der Waals surface area (Å²) in [6.45, 7) is 0. The van der Waals surface area contributed by atoms with Gasteiger partial charge < -0.3 is 4.98 Å². The zero-order valence-corrected chi connectivity index (χ0v) is 10.4. The topological polar surface area (TPSA) is 39.6 Å². The van der Waals surface area contributed by atoms with Crippen LogP contribution in [-0.2, 0) is 0 Å². The molecule has 0 atom stereocenters. The Hall–Kier alpha value is -2.61. The summed E-state index contributed by atoms with van der Waals surface area (Å²) in [4.78, 5) is 3.20. The number of rotatable bonds is 3. The number of hydrogen-bond donors (Lipinski definition) is 2. The first-order chi connectivity index (χ1) is 9.36. The maximum Gasteiger partial charge on any atom is 0.0691 e. The normalized spacial score (nSPS) is 10.3. The van der Waals surface area contributed by atoms with Crippen LogP contribution in [0.3, 0.4) is 0 Å². The molecule has 2 aromatic carbocycles. The van der Waals surface area contributed by atoms with Crippen molar-refractivity contribution in [2.24, 2.45) is 0 Å². The lowest BCUT2D eigenvalue weighted by molar-refractivity contribution is 1.38. The minimum atomic E-state index is 0.547. The van der Waals surface area contributed by atoms with Gasteiger partial charge in [-0.25, -0.2) is 0 Å². The molecule has 19 heavy (non-hydrogen) atoms. The van der Waals surface area contributed by atoms with E-state index in [-0.39, 0.29) is 0 Å². The van der Waals surface area contributed by atoms with Gasteiger partial charge in [0.1, 0.15) is 0 Å². The molecule has 0 radical (unpaired) electrons. The third-order valence-electron chi connectivity index (χ3n) is 3.15. The van der Waals surface area contributed by atoms with Crippen molar-refractivity contribution in [2.75, 3.05) is 0 Å². The van der Waals surface area contributed by atoms with E-state index in [2.05, 4.69) is 4.98 Å². The fraction of sp³-hybridized carbons (Fsp3) is 0. The Morgan fingerprint density at radius 2 is 1.53 bits per heavy atom. The lowest BCUT2D eigenvalue weighted by Crippen LogP contribution is -2.03. The van der Waals surface area contributed by atoms with E-state index in [9.17, 15) is 0 Å². The highest BCUT2D eigenvalue weighted by Crippen LogP contribution is 2.24. The van der Waals surface area contributed by atoms with Crippen LogP contribution in [0.2, 0.25) is 0 Å². The monoisotopic (exact) mass is 246 g/mol. The average molecular weight is 246 g/mol. The maximum atomic E-state index is 8.40. The van der Waals surface area contributed by atoms with Gasteiger partial charge in [0.25, 0.3) is 0 Å². The van der Waals surface area contributed by atoms with Crippen LogP contribution in [0, 0.1) is 5.41 Å². The molecular weight excluding hydrogens is 232 g/mol. The van der Waals surface area contributed by atoms with Crippen molar-refractivity contribution in [3.8, 4) is 11.3 Å². The Morgan fingerprint density at radius 1 is 0.789 bits per heavy atom. The first-order valence-corrected chi connectivity index (χ1v) is 6.23. The number of hydrogen-bond acceptors (Lipinski definition) is 1. The second-order valence-corrected chi connectivity index (χ2v) is 4.37. The minimum absolute atomic E-state index is 0.547. The van der Waals surface area contributed by atoms with Gasteiger partial charge in [0.05, 0.1) is 5.71 Å². The van der Waals surface area contributed by atoms with E-state index in [1.54, 1.807) is 0 Å². The van der Waals surface area contributed by atoms with E-state index < -0.39 is 0 Å². The van der Waals surface area contributed by atoms with Gasteiger partial charge in [0, 0.05) is 28.6 Å². The lowest BCUT2D eigenvalue weighted by Gasteiger charge is -2.09. The number of aromatic amines is 1. The van der Waals surface area contributed by atoms with Crippen LogP contribution < -0.4 is 0 Å². The molecule has 2 nitrogen and oxygen atoms in total. The average Bonchev–Trinajstić information content (AvgIpc) is 3.01. The summed E-state index contributed by atoms with van der Waals surface area (Å²) in [6.07, 6.45) is 1.90. The minimum Gasteiger partial charge on any atom is -0.361 e. The molecule has 0 saturated carbocycles. The van der Waals surface area contributed by atoms with Crippen molar-refractivity contribution < 1.29 is 0 Å². The van der Waals surface area contributed by atoms with Gasteiger partial charge in [-0.15, -0.1) is 0 Å². The second-order valence-electron chi connectivity index (χ2n) is 4.37. The summed E-state index contributed by atoms with van der Waals surface area (Å²) in [5.41, 5.74) is 4.51. The van der Waals surface area contributed by atoms with Crippen molar-refractivity contribution in [2.45, 2.75) is 0 Å². The fourth-order valence-corrected chi connectivity index (χ4v) is 2.19. The van der Waals surface area contributed by atoms with Crippen LogP contribution in [0.25, 0.3) is 11.3 Å². The van der Waals surface area contributed by atoms with E-state index >= 15 is 0 Å². The summed E-state index contributed by atoms with van der Waals surface area (Å²) < 4.78 is 0. The molecule has 0 amide bonds. The van der Waals surface area contributed by atoms with Crippen molar-refractivity contribution in [3.63, 3.8) is 0 Å². The highest BCUT2D eigenvalue weighted by molar-refractivity contribution is 6.14. The summed E-state index contributed by atoms with van der Waals surface area (Å²) in [5, 5.41) is 8.40. The maximum absolute atomic E-state index is 8.40. The second kappa shape index (κ2) is 4.94. The SMILES string of the molecule is N=C(c1ccccc1)c1ccccc1-c1ccc[nH]1. The van der Waals surface area contributed by atoms with Crippen LogP contribution in [0.5, 0.6) is 0 Å².